The van der Waals surface area contributed by atoms with E-state index < -0.39 is 29.5 Å². The Morgan fingerprint density at radius 1 is 1.22 bits per heavy atom. The molecular weight excluding hydrogens is 296 g/mol. The van der Waals surface area contributed by atoms with Gasteiger partial charge in [0.15, 0.2) is 0 Å². The summed E-state index contributed by atoms with van der Waals surface area (Å²) in [5, 5.41) is 10.0. The molecule has 23 heavy (non-hydrogen) atoms. The van der Waals surface area contributed by atoms with Crippen LogP contribution in [0.15, 0.2) is 24.3 Å². The first-order valence-corrected chi connectivity index (χ1v) is 7.73. The minimum absolute atomic E-state index is 0.318. The molecule has 0 saturated carbocycles. The van der Waals surface area contributed by atoms with E-state index in [4.69, 9.17) is 0 Å². The van der Waals surface area contributed by atoms with Gasteiger partial charge in [-0.2, -0.15) is 0 Å². The van der Waals surface area contributed by atoms with E-state index in [0.29, 0.717) is 24.1 Å². The Morgan fingerprint density at radius 3 is 2.17 bits per heavy atom. The molecule has 2 unspecified atom stereocenters. The molecule has 2 atom stereocenters. The second kappa shape index (κ2) is 5.16. The van der Waals surface area contributed by atoms with Crippen molar-refractivity contribution in [2.75, 3.05) is 6.54 Å². The first kappa shape index (κ1) is 15.7. The van der Waals surface area contributed by atoms with E-state index in [-0.39, 0.29) is 5.91 Å². The first-order chi connectivity index (χ1) is 10.8. The molecule has 6 nitrogen and oxygen atoms in total. The summed E-state index contributed by atoms with van der Waals surface area (Å²) in [5.74, 6) is -1.20. The zero-order valence-electron chi connectivity index (χ0n) is 13.4. The first-order valence-electron chi connectivity index (χ1n) is 7.73. The van der Waals surface area contributed by atoms with Gasteiger partial charge in [0.2, 0.25) is 5.91 Å². The van der Waals surface area contributed by atoms with E-state index in [2.05, 4.69) is 0 Å². The van der Waals surface area contributed by atoms with Crippen LogP contribution in [0.5, 0.6) is 0 Å². The topological polar surface area (TPSA) is 77.9 Å². The van der Waals surface area contributed by atoms with Gasteiger partial charge in [-0.3, -0.25) is 19.3 Å². The van der Waals surface area contributed by atoms with Crippen LogP contribution in [0.4, 0.5) is 0 Å². The lowest BCUT2D eigenvalue weighted by molar-refractivity contribution is -0.139. The van der Waals surface area contributed by atoms with Crippen molar-refractivity contribution in [2.24, 2.45) is 0 Å². The number of nitrogens with zero attached hydrogens (tertiary/aromatic N) is 2. The smallest absolute Gasteiger partial charge is 0.262 e. The van der Waals surface area contributed by atoms with Crippen LogP contribution in [-0.4, -0.2) is 56.9 Å². The van der Waals surface area contributed by atoms with E-state index in [0.717, 1.165) is 4.90 Å². The molecule has 1 N–H and O–H groups in total. The Hall–Kier alpha value is -2.21. The maximum Gasteiger partial charge on any atom is 0.262 e. The Labute approximate surface area is 134 Å². The average molecular weight is 316 g/mol. The molecule has 1 fully saturated rings. The molecule has 2 heterocycles. The molecule has 0 radical (unpaired) electrons. The summed E-state index contributed by atoms with van der Waals surface area (Å²) in [7, 11) is 0. The lowest BCUT2D eigenvalue weighted by atomic mass is 9.98. The Kier molecular flexibility index (Phi) is 3.52. The van der Waals surface area contributed by atoms with Crippen molar-refractivity contribution in [3.63, 3.8) is 0 Å². The van der Waals surface area contributed by atoms with Gasteiger partial charge in [0.25, 0.3) is 11.8 Å². The van der Waals surface area contributed by atoms with Crippen molar-refractivity contribution in [1.82, 2.24) is 9.80 Å². The highest BCUT2D eigenvalue weighted by Crippen LogP contribution is 2.31. The number of rotatable bonds is 2. The number of hydrogen-bond donors (Lipinski definition) is 1. The van der Waals surface area contributed by atoms with Crippen molar-refractivity contribution in [1.29, 1.82) is 0 Å². The van der Waals surface area contributed by atoms with Gasteiger partial charge in [-0.25, -0.2) is 0 Å². The molecular formula is C17H20N2O4. The minimum atomic E-state index is -0.896. The van der Waals surface area contributed by atoms with Crippen LogP contribution in [-0.2, 0) is 4.79 Å². The third kappa shape index (κ3) is 2.16. The third-order valence-corrected chi connectivity index (χ3v) is 4.97. The second-order valence-corrected chi connectivity index (χ2v) is 6.65. The predicted octanol–water partition coefficient (Wildman–Crippen LogP) is 1.04. The van der Waals surface area contributed by atoms with Gasteiger partial charge in [-0.1, -0.05) is 12.1 Å². The van der Waals surface area contributed by atoms with Crippen molar-refractivity contribution in [3.8, 4) is 0 Å². The molecule has 122 valence electrons. The number of carbonyl (C=O) groups excluding carboxylic acids is 3. The number of hydrogen-bond acceptors (Lipinski definition) is 4. The van der Waals surface area contributed by atoms with E-state index in [1.54, 1.807) is 49.9 Å². The summed E-state index contributed by atoms with van der Waals surface area (Å²) >= 11 is 0. The molecule has 3 rings (SSSR count). The van der Waals surface area contributed by atoms with Crippen molar-refractivity contribution >= 4 is 17.7 Å². The molecule has 0 bridgehead atoms. The van der Waals surface area contributed by atoms with Crippen molar-refractivity contribution < 1.29 is 19.5 Å². The average Bonchev–Trinajstić information content (AvgIpc) is 2.93. The maximum atomic E-state index is 12.8. The summed E-state index contributed by atoms with van der Waals surface area (Å²) < 4.78 is 0. The fourth-order valence-electron chi connectivity index (χ4n) is 3.36. The van der Waals surface area contributed by atoms with E-state index in [1.807, 2.05) is 0 Å². The van der Waals surface area contributed by atoms with Crippen molar-refractivity contribution in [3.05, 3.63) is 35.4 Å². The Morgan fingerprint density at radius 2 is 1.74 bits per heavy atom. The zero-order chi connectivity index (χ0) is 16.9. The molecule has 1 saturated heterocycles. The zero-order valence-corrected chi connectivity index (χ0v) is 13.4. The number of likely N-dealkylation sites (tertiary alicyclic amines) is 1. The molecule has 1 aromatic rings. The van der Waals surface area contributed by atoms with Crippen LogP contribution in [0, 0.1) is 0 Å². The molecule has 0 aromatic heterocycles. The molecule has 0 spiro atoms. The van der Waals surface area contributed by atoms with Gasteiger partial charge < -0.3 is 10.0 Å². The number of amides is 3. The maximum absolute atomic E-state index is 12.8. The van der Waals surface area contributed by atoms with E-state index in [9.17, 15) is 19.5 Å². The van der Waals surface area contributed by atoms with E-state index in [1.165, 1.54) is 0 Å². The highest BCUT2D eigenvalue weighted by molar-refractivity contribution is 6.22. The number of benzene rings is 1. The number of fused-ring (bicyclic) bond motifs is 1. The SMILES string of the molecule is CC(C(=O)N1CCC(O)C1(C)C)N1C(=O)c2ccccc2C1=O. The number of aliphatic hydroxyl groups excluding tert-OH is 1. The lowest BCUT2D eigenvalue weighted by Crippen LogP contribution is -2.55. The fourth-order valence-corrected chi connectivity index (χ4v) is 3.36. The molecule has 2 aliphatic heterocycles. The molecule has 2 aliphatic rings. The minimum Gasteiger partial charge on any atom is -0.391 e. The standard InChI is InChI=1S/C17H20N2O4/c1-10(14(21)18-9-8-13(20)17(18,2)3)19-15(22)11-6-4-5-7-12(11)16(19)23/h4-7,10,13,20H,8-9H2,1-3H3. The highest BCUT2D eigenvalue weighted by Gasteiger charge is 2.47. The van der Waals surface area contributed by atoms with Gasteiger partial charge in [-0.15, -0.1) is 0 Å². The van der Waals surface area contributed by atoms with Crippen LogP contribution in [0.25, 0.3) is 0 Å². The number of imide groups is 1. The summed E-state index contributed by atoms with van der Waals surface area (Å²) in [6.45, 7) is 5.56. The van der Waals surface area contributed by atoms with Crippen LogP contribution in [0.1, 0.15) is 47.9 Å². The predicted molar refractivity (Wildman–Crippen MR) is 82.8 cm³/mol. The number of aliphatic hydroxyl groups is 1. The van der Waals surface area contributed by atoms with Gasteiger partial charge in [0.05, 0.1) is 22.8 Å². The monoisotopic (exact) mass is 316 g/mol. The Bertz CT molecular complexity index is 663. The number of carbonyl (C=O) groups is 3. The van der Waals surface area contributed by atoms with Crippen LogP contribution in [0.3, 0.4) is 0 Å². The van der Waals surface area contributed by atoms with Gasteiger partial charge in [0, 0.05) is 6.54 Å². The van der Waals surface area contributed by atoms with Crippen LogP contribution in [0.2, 0.25) is 0 Å². The highest BCUT2D eigenvalue weighted by atomic mass is 16.3. The molecule has 6 heteroatoms. The van der Waals surface area contributed by atoms with Gasteiger partial charge in [-0.05, 0) is 39.3 Å². The summed E-state index contributed by atoms with van der Waals surface area (Å²) in [5.41, 5.74) is -0.0416. The lowest BCUT2D eigenvalue weighted by Gasteiger charge is -2.36. The fraction of sp³-hybridized carbons (Fsp3) is 0.471. The second-order valence-electron chi connectivity index (χ2n) is 6.65. The van der Waals surface area contributed by atoms with Gasteiger partial charge in [0.1, 0.15) is 6.04 Å². The largest absolute Gasteiger partial charge is 0.391 e. The Balaban J connectivity index is 1.87. The van der Waals surface area contributed by atoms with Crippen LogP contribution < -0.4 is 0 Å². The van der Waals surface area contributed by atoms with Gasteiger partial charge >= 0.3 is 0 Å². The van der Waals surface area contributed by atoms with Crippen molar-refractivity contribution in [2.45, 2.75) is 44.9 Å². The summed E-state index contributed by atoms with van der Waals surface area (Å²) in [4.78, 5) is 40.3. The third-order valence-electron chi connectivity index (χ3n) is 4.97. The van der Waals surface area contributed by atoms with Crippen LogP contribution >= 0.6 is 0 Å². The summed E-state index contributed by atoms with van der Waals surface area (Å²) in [6.07, 6.45) is -0.117. The quantitative estimate of drug-likeness (QED) is 0.827. The molecule has 3 amide bonds. The summed E-state index contributed by atoms with van der Waals surface area (Å²) in [6, 6.07) is 5.68. The van der Waals surface area contributed by atoms with E-state index >= 15 is 0 Å². The molecule has 0 aliphatic carbocycles. The normalized spacial score (nSPS) is 24.1. The molecule has 1 aromatic carbocycles.